The molecule has 0 radical (unpaired) electrons. The van der Waals surface area contributed by atoms with Gasteiger partial charge in [-0.1, -0.05) is 102 Å². The van der Waals surface area contributed by atoms with Crippen LogP contribution in [0.2, 0.25) is 0 Å². The number of hydrogen-bond donors (Lipinski definition) is 0. The third-order valence-corrected chi connectivity index (χ3v) is 11.8. The van der Waals surface area contributed by atoms with Gasteiger partial charge in [0.2, 0.25) is 0 Å². The van der Waals surface area contributed by atoms with Crippen LogP contribution in [0.4, 0.5) is 0 Å². The van der Waals surface area contributed by atoms with Crippen molar-refractivity contribution in [3.05, 3.63) is 163 Å². The molecule has 49 heavy (non-hydrogen) atoms. The predicted molar refractivity (Wildman–Crippen MR) is 192 cm³/mol. The van der Waals surface area contributed by atoms with E-state index in [9.17, 15) is 19.2 Å². The van der Waals surface area contributed by atoms with Crippen LogP contribution in [0.15, 0.2) is 107 Å². The Morgan fingerprint density at radius 2 is 0.735 bits per heavy atom. The average Bonchev–Trinajstić information content (AvgIpc) is 3.73. The van der Waals surface area contributed by atoms with Crippen molar-refractivity contribution in [2.45, 2.75) is 57.8 Å². The summed E-state index contributed by atoms with van der Waals surface area (Å²) in [6.07, 6.45) is 7.90. The van der Waals surface area contributed by atoms with E-state index in [1.807, 2.05) is 12.2 Å². The largest absolute Gasteiger partial charge is 0.288 e. The maximum absolute atomic E-state index is 13.3. The molecular weight excluding hydrogens is 604 g/mol. The smallest absolute Gasteiger partial charge is 0.197 e. The van der Waals surface area contributed by atoms with E-state index in [1.165, 1.54) is 33.4 Å². The number of allylic oxidation sites excluding steroid dienone is 6. The maximum atomic E-state index is 13.3. The van der Waals surface area contributed by atoms with Gasteiger partial charge >= 0.3 is 0 Å². The van der Waals surface area contributed by atoms with Crippen LogP contribution in [0, 0.1) is 0 Å². The molecule has 4 heteroatoms. The van der Waals surface area contributed by atoms with E-state index < -0.39 is 10.8 Å². The van der Waals surface area contributed by atoms with Crippen LogP contribution in [-0.2, 0) is 16.2 Å². The second-order valence-corrected chi connectivity index (χ2v) is 15.6. The number of hydrogen-bond acceptors (Lipinski definition) is 4. The summed E-state index contributed by atoms with van der Waals surface area (Å²) in [5.74, 6) is -0.844. The first kappa shape index (κ1) is 29.6. The van der Waals surface area contributed by atoms with Crippen molar-refractivity contribution in [2.75, 3.05) is 0 Å². The molecule has 0 spiro atoms. The van der Waals surface area contributed by atoms with E-state index in [4.69, 9.17) is 0 Å². The molecule has 0 aliphatic heterocycles. The number of Topliss-reactive ketones (excluding diaryl/α,β-unsaturated/α-hetero) is 4. The lowest BCUT2D eigenvalue weighted by Crippen LogP contribution is -2.19. The SMILES string of the molecule is CC1(C)C(C=C2C(=O)c3ccccc3C2=O)=Cc2cc3c(cc21)-c1cc2c(cc1C3(C)C)C=C(C=C1C(=O)c3ccccc3C1=O)C2(C)C. The van der Waals surface area contributed by atoms with E-state index in [1.54, 1.807) is 48.5 Å². The topological polar surface area (TPSA) is 68.3 Å². The highest BCUT2D eigenvalue weighted by atomic mass is 16.2. The molecule has 0 fully saturated rings. The number of ketones is 4. The Hall–Kier alpha value is -5.48. The van der Waals surface area contributed by atoms with E-state index in [0.717, 1.165) is 22.3 Å². The second-order valence-electron chi connectivity index (χ2n) is 15.6. The molecule has 4 aromatic carbocycles. The van der Waals surface area contributed by atoms with Crippen molar-refractivity contribution in [1.29, 1.82) is 0 Å². The van der Waals surface area contributed by atoms with Crippen LogP contribution in [0.1, 0.15) is 116 Å². The molecule has 0 unspecified atom stereocenters. The van der Waals surface area contributed by atoms with Gasteiger partial charge < -0.3 is 0 Å². The predicted octanol–water partition coefficient (Wildman–Crippen LogP) is 9.35. The number of rotatable bonds is 2. The molecule has 4 aromatic rings. The van der Waals surface area contributed by atoms with Crippen LogP contribution in [-0.4, -0.2) is 23.1 Å². The molecule has 0 N–H and O–H groups in total. The summed E-state index contributed by atoms with van der Waals surface area (Å²) >= 11 is 0. The molecule has 0 atom stereocenters. The van der Waals surface area contributed by atoms with Crippen LogP contribution >= 0.6 is 0 Å². The molecule has 0 saturated heterocycles. The molecule has 0 aromatic heterocycles. The van der Waals surface area contributed by atoms with E-state index >= 15 is 0 Å². The lowest BCUT2D eigenvalue weighted by Gasteiger charge is -2.26. The van der Waals surface area contributed by atoms with Gasteiger partial charge in [-0.05, 0) is 92.1 Å². The van der Waals surface area contributed by atoms with Gasteiger partial charge in [0.1, 0.15) is 0 Å². The van der Waals surface area contributed by atoms with Gasteiger partial charge in [0.05, 0.1) is 11.1 Å². The first-order valence-corrected chi connectivity index (χ1v) is 16.8. The van der Waals surface area contributed by atoms with E-state index in [0.29, 0.717) is 22.3 Å². The summed E-state index contributed by atoms with van der Waals surface area (Å²) in [6, 6.07) is 23.3. The van der Waals surface area contributed by atoms with Crippen molar-refractivity contribution >= 4 is 35.3 Å². The summed E-state index contributed by atoms with van der Waals surface area (Å²) in [7, 11) is 0. The van der Waals surface area contributed by atoms with Crippen molar-refractivity contribution in [3.8, 4) is 11.1 Å². The van der Waals surface area contributed by atoms with Gasteiger partial charge in [-0.2, -0.15) is 0 Å². The minimum Gasteiger partial charge on any atom is -0.288 e. The van der Waals surface area contributed by atoms with E-state index in [2.05, 4.69) is 78.0 Å². The van der Waals surface area contributed by atoms with Crippen LogP contribution < -0.4 is 0 Å². The normalized spacial score (nSPS) is 19.6. The van der Waals surface area contributed by atoms with Gasteiger partial charge in [0.25, 0.3) is 0 Å². The zero-order chi connectivity index (χ0) is 34.4. The summed E-state index contributed by atoms with van der Waals surface area (Å²) in [5.41, 5.74) is 12.6. The maximum Gasteiger partial charge on any atom is 0.197 e. The monoisotopic (exact) mass is 638 g/mol. The Kier molecular flexibility index (Phi) is 5.66. The molecule has 0 amide bonds. The molecule has 0 heterocycles. The fourth-order valence-corrected chi connectivity index (χ4v) is 8.75. The zero-order valence-corrected chi connectivity index (χ0v) is 28.4. The summed E-state index contributed by atoms with van der Waals surface area (Å²) in [6.45, 7) is 13.2. The zero-order valence-electron chi connectivity index (χ0n) is 28.4. The van der Waals surface area contributed by atoms with Crippen LogP contribution in [0.5, 0.6) is 0 Å². The molecule has 5 aliphatic carbocycles. The average molecular weight is 639 g/mol. The Balaban J connectivity index is 1.11. The Bertz CT molecular complexity index is 2220. The van der Waals surface area contributed by atoms with Gasteiger partial charge in [0, 0.05) is 38.5 Å². The molecule has 5 aliphatic rings. The molecule has 4 nitrogen and oxygen atoms in total. The Morgan fingerprint density at radius 3 is 1.06 bits per heavy atom. The number of carbonyl (C=O) groups excluding carboxylic acids is 4. The van der Waals surface area contributed by atoms with Gasteiger partial charge in [-0.25, -0.2) is 0 Å². The Morgan fingerprint density at radius 1 is 0.408 bits per heavy atom. The quantitative estimate of drug-likeness (QED) is 0.162. The lowest BCUT2D eigenvalue weighted by molar-refractivity contribution is 0.0973. The molecule has 0 saturated carbocycles. The number of benzene rings is 4. The summed E-state index contributed by atoms with van der Waals surface area (Å²) in [4.78, 5) is 53.0. The standard InChI is InChI=1S/C45H34O4/c1-43(2)25(19-33-39(46)27-11-7-8-12-28(27)40(33)47)15-23-17-37-31(21-35(23)43)32-22-36-24(18-38(32)45(37,5)6)16-26(44(36,3)4)20-34-41(48)29-13-9-10-14-30(29)42(34)49/h7-22H,1-6H3. The van der Waals surface area contributed by atoms with Crippen molar-refractivity contribution in [1.82, 2.24) is 0 Å². The third-order valence-electron chi connectivity index (χ3n) is 11.8. The van der Waals surface area contributed by atoms with Crippen molar-refractivity contribution < 1.29 is 19.2 Å². The third kappa shape index (κ3) is 3.75. The van der Waals surface area contributed by atoms with Crippen LogP contribution in [0.25, 0.3) is 23.3 Å². The minimum absolute atomic E-state index is 0.211. The van der Waals surface area contributed by atoms with Gasteiger partial charge in [-0.15, -0.1) is 0 Å². The fraction of sp³-hybridized carbons (Fsp3) is 0.200. The highest BCUT2D eigenvalue weighted by Crippen LogP contribution is 2.56. The summed E-state index contributed by atoms with van der Waals surface area (Å²) in [5, 5.41) is 0. The molecule has 9 rings (SSSR count). The van der Waals surface area contributed by atoms with Crippen LogP contribution in [0.3, 0.4) is 0 Å². The highest BCUT2D eigenvalue weighted by Gasteiger charge is 2.44. The Labute approximate surface area is 285 Å². The van der Waals surface area contributed by atoms with Gasteiger partial charge in [0.15, 0.2) is 23.1 Å². The number of carbonyl (C=O) groups is 4. The summed E-state index contributed by atoms with van der Waals surface area (Å²) < 4.78 is 0. The van der Waals surface area contributed by atoms with Crippen molar-refractivity contribution in [3.63, 3.8) is 0 Å². The molecule has 238 valence electrons. The number of fused-ring (bicyclic) bond motifs is 7. The molecular formula is C45H34O4. The second kappa shape index (κ2) is 9.35. The minimum atomic E-state index is -0.422. The first-order chi connectivity index (χ1) is 23.2. The first-order valence-electron chi connectivity index (χ1n) is 16.8. The van der Waals surface area contributed by atoms with Crippen molar-refractivity contribution in [2.24, 2.45) is 0 Å². The van der Waals surface area contributed by atoms with Gasteiger partial charge in [-0.3, -0.25) is 19.2 Å². The lowest BCUT2D eigenvalue weighted by atomic mass is 9.77. The van der Waals surface area contributed by atoms with E-state index in [-0.39, 0.29) is 39.7 Å². The highest BCUT2D eigenvalue weighted by molar-refractivity contribution is 6.40. The fourth-order valence-electron chi connectivity index (χ4n) is 8.75. The molecule has 0 bridgehead atoms.